The van der Waals surface area contributed by atoms with Gasteiger partial charge in [-0.1, -0.05) is 0 Å². The fraction of sp³-hybridized carbons (Fsp3) is 0.250. The van der Waals surface area contributed by atoms with Crippen molar-refractivity contribution in [3.8, 4) is 17.0 Å². The van der Waals surface area contributed by atoms with E-state index in [2.05, 4.69) is 4.98 Å². The molecule has 1 aromatic heterocycles. The van der Waals surface area contributed by atoms with Crippen LogP contribution in [0.5, 0.6) is 5.75 Å². The molecule has 0 fully saturated rings. The number of methoxy groups -OCH3 is 1. The van der Waals surface area contributed by atoms with Gasteiger partial charge in [0.1, 0.15) is 12.4 Å². The second-order valence-corrected chi connectivity index (χ2v) is 4.97. The van der Waals surface area contributed by atoms with Gasteiger partial charge in [-0.25, -0.2) is 0 Å². The van der Waals surface area contributed by atoms with E-state index >= 15 is 0 Å². The maximum absolute atomic E-state index is 5.49. The van der Waals surface area contributed by atoms with Crippen LogP contribution >= 0.6 is 23.6 Å². The molecule has 3 nitrogen and oxygen atoms in total. The zero-order valence-corrected chi connectivity index (χ0v) is 11.1. The number of aromatic nitrogens is 1. The summed E-state index contributed by atoms with van der Waals surface area (Å²) in [6, 6.07) is 7.91. The molecule has 0 unspecified atom stereocenters. The van der Waals surface area contributed by atoms with Crippen molar-refractivity contribution in [1.29, 1.82) is 0 Å². The molecule has 0 aliphatic rings. The molecule has 5 heteroatoms. The minimum Gasteiger partial charge on any atom is -0.491 e. The van der Waals surface area contributed by atoms with Crippen LogP contribution in [0.25, 0.3) is 11.3 Å². The maximum Gasteiger partial charge on any atom is 0.158 e. The van der Waals surface area contributed by atoms with Crippen molar-refractivity contribution in [2.24, 2.45) is 0 Å². The van der Waals surface area contributed by atoms with E-state index in [0.29, 0.717) is 13.2 Å². The van der Waals surface area contributed by atoms with Crippen LogP contribution in [0.3, 0.4) is 0 Å². The molecule has 0 radical (unpaired) electrons. The molecule has 1 aromatic carbocycles. The first-order chi connectivity index (χ1) is 8.29. The normalized spacial score (nSPS) is 10.4. The summed E-state index contributed by atoms with van der Waals surface area (Å²) in [5.74, 6) is 0.847. The van der Waals surface area contributed by atoms with Crippen molar-refractivity contribution in [2.75, 3.05) is 20.3 Å². The number of thiazole rings is 1. The van der Waals surface area contributed by atoms with Crippen LogP contribution in [0.4, 0.5) is 0 Å². The van der Waals surface area contributed by atoms with Crippen LogP contribution in [0.2, 0.25) is 0 Å². The van der Waals surface area contributed by atoms with Gasteiger partial charge >= 0.3 is 0 Å². The van der Waals surface area contributed by atoms with Gasteiger partial charge in [0.2, 0.25) is 0 Å². The fourth-order valence-corrected chi connectivity index (χ4v) is 2.24. The predicted octanol–water partition coefficient (Wildman–Crippen LogP) is 3.50. The molecule has 0 bridgehead atoms. The molecule has 17 heavy (non-hydrogen) atoms. The highest BCUT2D eigenvalue weighted by molar-refractivity contribution is 7.73. The molecule has 0 aliphatic carbocycles. The van der Waals surface area contributed by atoms with Crippen molar-refractivity contribution in [3.63, 3.8) is 0 Å². The summed E-state index contributed by atoms with van der Waals surface area (Å²) in [6.07, 6.45) is 0. The molecule has 0 spiro atoms. The van der Waals surface area contributed by atoms with Gasteiger partial charge in [0.05, 0.1) is 12.3 Å². The van der Waals surface area contributed by atoms with Crippen LogP contribution in [0.15, 0.2) is 29.6 Å². The fourth-order valence-electron chi connectivity index (χ4n) is 1.40. The maximum atomic E-state index is 5.49. The van der Waals surface area contributed by atoms with E-state index < -0.39 is 0 Å². The number of H-pyrrole nitrogens is 1. The van der Waals surface area contributed by atoms with E-state index in [1.165, 1.54) is 11.3 Å². The van der Waals surface area contributed by atoms with Gasteiger partial charge in [0.15, 0.2) is 3.95 Å². The Morgan fingerprint density at radius 2 is 2.00 bits per heavy atom. The van der Waals surface area contributed by atoms with Crippen molar-refractivity contribution >= 4 is 23.6 Å². The topological polar surface area (TPSA) is 34.2 Å². The zero-order chi connectivity index (χ0) is 12.1. The largest absolute Gasteiger partial charge is 0.491 e. The molecule has 0 saturated heterocycles. The molecule has 1 N–H and O–H groups in total. The SMILES string of the molecule is COCCOc1ccc(-c2csc(=S)[nH]2)cc1. The third kappa shape index (κ3) is 3.39. The van der Waals surface area contributed by atoms with Crippen LogP contribution in [0.1, 0.15) is 0 Å². The molecule has 0 amide bonds. The smallest absolute Gasteiger partial charge is 0.158 e. The van der Waals surface area contributed by atoms with E-state index in [4.69, 9.17) is 21.7 Å². The first kappa shape index (κ1) is 12.3. The average molecular weight is 267 g/mol. The van der Waals surface area contributed by atoms with E-state index in [1.807, 2.05) is 29.6 Å². The minimum atomic E-state index is 0.566. The molecule has 2 aromatic rings. The zero-order valence-electron chi connectivity index (χ0n) is 9.43. The molecule has 0 aliphatic heterocycles. The van der Waals surface area contributed by atoms with Gasteiger partial charge in [0, 0.05) is 12.5 Å². The number of hydrogen-bond acceptors (Lipinski definition) is 4. The van der Waals surface area contributed by atoms with Crippen LogP contribution in [-0.2, 0) is 4.74 Å². The highest BCUT2D eigenvalue weighted by Gasteiger charge is 2.00. The Balaban J connectivity index is 2.05. The van der Waals surface area contributed by atoms with Gasteiger partial charge in [-0.2, -0.15) is 0 Å². The lowest BCUT2D eigenvalue weighted by Crippen LogP contribution is -2.03. The Labute approximate surface area is 109 Å². The molecule has 0 atom stereocenters. The summed E-state index contributed by atoms with van der Waals surface area (Å²) in [4.78, 5) is 3.14. The van der Waals surface area contributed by atoms with E-state index in [0.717, 1.165) is 21.0 Å². The standard InChI is InChI=1S/C12H13NO2S2/c1-14-6-7-15-10-4-2-9(3-5-10)11-8-17-12(16)13-11/h2-5,8H,6-7H2,1H3,(H,13,16). The van der Waals surface area contributed by atoms with E-state index in [9.17, 15) is 0 Å². The first-order valence-electron chi connectivity index (χ1n) is 5.19. The second kappa shape index (κ2) is 5.95. The average Bonchev–Trinajstić information content (AvgIpc) is 2.77. The van der Waals surface area contributed by atoms with Gasteiger partial charge in [0.25, 0.3) is 0 Å². The van der Waals surface area contributed by atoms with E-state index in [1.54, 1.807) is 7.11 Å². The Hall–Kier alpha value is -1.17. The summed E-state index contributed by atoms with van der Waals surface area (Å²) >= 11 is 6.59. The summed E-state index contributed by atoms with van der Waals surface area (Å²) in [5.41, 5.74) is 2.15. The number of rotatable bonds is 5. The lowest BCUT2D eigenvalue weighted by atomic mass is 10.2. The van der Waals surface area contributed by atoms with Gasteiger partial charge < -0.3 is 14.5 Å². The number of hydrogen-bond donors (Lipinski definition) is 1. The van der Waals surface area contributed by atoms with Crippen molar-refractivity contribution in [1.82, 2.24) is 4.98 Å². The van der Waals surface area contributed by atoms with Gasteiger partial charge in [-0.3, -0.25) is 0 Å². The molecular weight excluding hydrogens is 254 g/mol. The molecule has 1 heterocycles. The Bertz CT molecular complexity index is 516. The number of benzene rings is 1. The van der Waals surface area contributed by atoms with E-state index in [-0.39, 0.29) is 0 Å². The Kier molecular flexibility index (Phi) is 4.30. The molecule has 90 valence electrons. The van der Waals surface area contributed by atoms with Gasteiger partial charge in [-0.15, -0.1) is 11.3 Å². The number of ether oxygens (including phenoxy) is 2. The third-order valence-corrected chi connectivity index (χ3v) is 3.30. The lowest BCUT2D eigenvalue weighted by Gasteiger charge is -2.05. The Morgan fingerprint density at radius 1 is 1.24 bits per heavy atom. The summed E-state index contributed by atoms with van der Waals surface area (Å²) < 4.78 is 11.2. The monoisotopic (exact) mass is 267 g/mol. The van der Waals surface area contributed by atoms with Gasteiger partial charge in [-0.05, 0) is 42.0 Å². The van der Waals surface area contributed by atoms with Crippen molar-refractivity contribution < 1.29 is 9.47 Å². The van der Waals surface area contributed by atoms with Crippen LogP contribution < -0.4 is 4.74 Å². The quantitative estimate of drug-likeness (QED) is 0.665. The summed E-state index contributed by atoms with van der Waals surface area (Å²) in [6.45, 7) is 1.16. The minimum absolute atomic E-state index is 0.566. The predicted molar refractivity (Wildman–Crippen MR) is 72.3 cm³/mol. The number of nitrogens with one attached hydrogen (secondary N) is 1. The highest BCUT2D eigenvalue weighted by Crippen LogP contribution is 2.22. The number of aromatic amines is 1. The van der Waals surface area contributed by atoms with Crippen molar-refractivity contribution in [3.05, 3.63) is 33.6 Å². The van der Waals surface area contributed by atoms with Crippen molar-refractivity contribution in [2.45, 2.75) is 0 Å². The Morgan fingerprint density at radius 3 is 2.59 bits per heavy atom. The highest BCUT2D eigenvalue weighted by atomic mass is 32.1. The summed E-state index contributed by atoms with van der Waals surface area (Å²) in [7, 11) is 1.66. The second-order valence-electron chi connectivity index (χ2n) is 3.43. The molecule has 0 saturated carbocycles. The summed E-state index contributed by atoms with van der Waals surface area (Å²) in [5, 5.41) is 2.02. The third-order valence-electron chi connectivity index (χ3n) is 2.24. The molecule has 2 rings (SSSR count). The lowest BCUT2D eigenvalue weighted by molar-refractivity contribution is 0.146. The van der Waals surface area contributed by atoms with Crippen LogP contribution in [-0.4, -0.2) is 25.3 Å². The first-order valence-corrected chi connectivity index (χ1v) is 6.48. The van der Waals surface area contributed by atoms with Crippen LogP contribution in [0, 0.1) is 3.95 Å². The molecular formula is C12H13NO2S2.